The van der Waals surface area contributed by atoms with Gasteiger partial charge in [-0.2, -0.15) is 0 Å². The van der Waals surface area contributed by atoms with Crippen LogP contribution < -0.4 is 10.9 Å². The number of aromatic nitrogens is 1. The van der Waals surface area contributed by atoms with Crippen LogP contribution in [-0.4, -0.2) is 22.7 Å². The van der Waals surface area contributed by atoms with E-state index in [9.17, 15) is 9.59 Å². The molecular formula is C8H9BrN2O3. The quantitative estimate of drug-likeness (QED) is 0.757. The molecule has 0 saturated carbocycles. The lowest BCUT2D eigenvalue weighted by Crippen LogP contribution is -2.25. The van der Waals surface area contributed by atoms with Crippen LogP contribution in [0, 0.1) is 0 Å². The second-order valence-corrected chi connectivity index (χ2v) is 3.57. The third-order valence-electron chi connectivity index (χ3n) is 1.62. The van der Waals surface area contributed by atoms with Crippen molar-refractivity contribution in [2.24, 2.45) is 0 Å². The third kappa shape index (κ3) is 3.21. The molecule has 0 aliphatic heterocycles. The normalized spacial score (nSPS) is 9.79. The number of rotatable bonds is 3. The van der Waals surface area contributed by atoms with Crippen LogP contribution in [0.4, 0.5) is 4.79 Å². The molecule has 3 N–H and O–H groups in total. The number of nitrogens with one attached hydrogen (secondary N) is 2. The predicted molar refractivity (Wildman–Crippen MR) is 54.5 cm³/mol. The summed E-state index contributed by atoms with van der Waals surface area (Å²) in [6.45, 7) is 0.231. The van der Waals surface area contributed by atoms with Crippen molar-refractivity contribution in [1.29, 1.82) is 0 Å². The van der Waals surface area contributed by atoms with Gasteiger partial charge in [-0.1, -0.05) is 0 Å². The first-order valence-corrected chi connectivity index (χ1v) is 4.73. The molecule has 0 spiro atoms. The van der Waals surface area contributed by atoms with Crippen molar-refractivity contribution in [2.75, 3.05) is 6.54 Å². The Hall–Kier alpha value is -1.30. The van der Waals surface area contributed by atoms with E-state index < -0.39 is 6.09 Å². The van der Waals surface area contributed by atoms with Gasteiger partial charge in [-0.25, -0.2) is 4.79 Å². The maximum absolute atomic E-state index is 11.2. The van der Waals surface area contributed by atoms with Gasteiger partial charge in [-0.3, -0.25) is 4.79 Å². The fraction of sp³-hybridized carbons (Fsp3) is 0.250. The largest absolute Gasteiger partial charge is 0.465 e. The van der Waals surface area contributed by atoms with Gasteiger partial charge in [0, 0.05) is 22.8 Å². The minimum absolute atomic E-state index is 0.194. The van der Waals surface area contributed by atoms with Gasteiger partial charge in [0.25, 0.3) is 5.56 Å². The molecule has 6 heteroatoms. The summed E-state index contributed by atoms with van der Waals surface area (Å²) in [7, 11) is 0. The van der Waals surface area contributed by atoms with Gasteiger partial charge in [0.2, 0.25) is 0 Å². The Morgan fingerprint density at radius 2 is 2.36 bits per heavy atom. The lowest BCUT2D eigenvalue weighted by Gasteiger charge is -2.00. The maximum Gasteiger partial charge on any atom is 0.404 e. The van der Waals surface area contributed by atoms with Crippen LogP contribution in [0.25, 0.3) is 0 Å². The second-order valence-electron chi connectivity index (χ2n) is 2.65. The van der Waals surface area contributed by atoms with E-state index in [-0.39, 0.29) is 12.1 Å². The highest BCUT2D eigenvalue weighted by Gasteiger charge is 2.01. The average Bonchev–Trinajstić information content (AvgIpc) is 2.10. The van der Waals surface area contributed by atoms with Crippen molar-refractivity contribution in [2.45, 2.75) is 6.42 Å². The van der Waals surface area contributed by atoms with E-state index in [0.29, 0.717) is 12.0 Å². The molecule has 0 radical (unpaired) electrons. The van der Waals surface area contributed by atoms with Crippen LogP contribution >= 0.6 is 15.9 Å². The molecular weight excluding hydrogens is 252 g/mol. The molecule has 14 heavy (non-hydrogen) atoms. The summed E-state index contributed by atoms with van der Waals surface area (Å²) in [4.78, 5) is 23.9. The van der Waals surface area contributed by atoms with Crippen molar-refractivity contribution in [3.8, 4) is 0 Å². The molecule has 0 bridgehead atoms. The summed E-state index contributed by atoms with van der Waals surface area (Å²) >= 11 is 3.21. The van der Waals surface area contributed by atoms with Crippen LogP contribution in [-0.2, 0) is 6.42 Å². The van der Waals surface area contributed by atoms with Crippen molar-refractivity contribution in [3.05, 3.63) is 32.7 Å². The first-order chi connectivity index (χ1) is 6.59. The lowest BCUT2D eigenvalue weighted by atomic mass is 10.2. The summed E-state index contributed by atoms with van der Waals surface area (Å²) in [5.41, 5.74) is 0.355. The number of pyridine rings is 1. The monoisotopic (exact) mass is 260 g/mol. The van der Waals surface area contributed by atoms with Crippen molar-refractivity contribution in [3.63, 3.8) is 0 Å². The number of aromatic amines is 1. The predicted octanol–water partition coefficient (Wildman–Crippen LogP) is 0.947. The molecule has 1 rings (SSSR count). The van der Waals surface area contributed by atoms with Gasteiger partial charge in [0.1, 0.15) is 0 Å². The molecule has 5 nitrogen and oxygen atoms in total. The Morgan fingerprint density at radius 3 is 3.00 bits per heavy atom. The summed E-state index contributed by atoms with van der Waals surface area (Å²) in [6.07, 6.45) is 0.828. The van der Waals surface area contributed by atoms with Crippen LogP contribution in [0.15, 0.2) is 21.5 Å². The number of amides is 1. The van der Waals surface area contributed by atoms with E-state index >= 15 is 0 Å². The highest BCUT2D eigenvalue weighted by Crippen LogP contribution is 2.06. The van der Waals surface area contributed by atoms with Crippen LogP contribution in [0.3, 0.4) is 0 Å². The molecule has 0 aromatic carbocycles. The van der Waals surface area contributed by atoms with Crippen molar-refractivity contribution < 1.29 is 9.90 Å². The zero-order valence-electron chi connectivity index (χ0n) is 7.21. The molecule has 0 fully saturated rings. The Labute approximate surface area is 88.3 Å². The van der Waals surface area contributed by atoms with Gasteiger partial charge < -0.3 is 15.4 Å². The molecule has 0 aliphatic rings. The number of carboxylic acid groups (broad SMARTS) is 1. The summed E-state index contributed by atoms with van der Waals surface area (Å²) in [5, 5.41) is 10.5. The first-order valence-electron chi connectivity index (χ1n) is 3.93. The SMILES string of the molecule is O=C(O)NCCc1cc(Br)c[nH]c1=O. The summed E-state index contributed by atoms with van der Waals surface area (Å²) < 4.78 is 0.766. The average molecular weight is 261 g/mol. The van der Waals surface area contributed by atoms with E-state index in [4.69, 9.17) is 5.11 Å². The Bertz CT molecular complexity index is 388. The Kier molecular flexibility index (Phi) is 3.70. The first kappa shape index (κ1) is 10.8. The van der Waals surface area contributed by atoms with E-state index in [1.165, 1.54) is 6.20 Å². The molecule has 1 aromatic heterocycles. The van der Waals surface area contributed by atoms with Gasteiger partial charge in [0.05, 0.1) is 0 Å². The molecule has 1 heterocycles. The molecule has 0 unspecified atom stereocenters. The molecule has 0 saturated heterocycles. The number of H-pyrrole nitrogens is 1. The fourth-order valence-electron chi connectivity index (χ4n) is 0.991. The summed E-state index contributed by atoms with van der Waals surface area (Å²) in [5.74, 6) is 0. The summed E-state index contributed by atoms with van der Waals surface area (Å²) in [6, 6.07) is 1.67. The topological polar surface area (TPSA) is 82.2 Å². The second kappa shape index (κ2) is 4.80. The fourth-order valence-corrected chi connectivity index (χ4v) is 1.38. The van der Waals surface area contributed by atoms with Crippen LogP contribution in [0.2, 0.25) is 0 Å². The maximum atomic E-state index is 11.2. The third-order valence-corrected chi connectivity index (χ3v) is 2.07. The highest BCUT2D eigenvalue weighted by molar-refractivity contribution is 9.10. The van der Waals surface area contributed by atoms with Gasteiger partial charge in [0.15, 0.2) is 0 Å². The van der Waals surface area contributed by atoms with Crippen molar-refractivity contribution in [1.82, 2.24) is 10.3 Å². The van der Waals surface area contributed by atoms with E-state index in [0.717, 1.165) is 4.47 Å². The molecule has 1 aromatic rings. The molecule has 76 valence electrons. The zero-order valence-corrected chi connectivity index (χ0v) is 8.80. The van der Waals surface area contributed by atoms with E-state index in [2.05, 4.69) is 26.2 Å². The van der Waals surface area contributed by atoms with Gasteiger partial charge in [-0.15, -0.1) is 0 Å². The highest BCUT2D eigenvalue weighted by atomic mass is 79.9. The number of hydrogen-bond donors (Lipinski definition) is 3. The van der Waals surface area contributed by atoms with Crippen molar-refractivity contribution >= 4 is 22.0 Å². The van der Waals surface area contributed by atoms with Crippen LogP contribution in [0.1, 0.15) is 5.56 Å². The minimum atomic E-state index is -1.09. The van der Waals surface area contributed by atoms with Gasteiger partial charge in [-0.05, 0) is 28.4 Å². The van der Waals surface area contributed by atoms with E-state index in [1.54, 1.807) is 6.07 Å². The molecule has 1 amide bonds. The Balaban J connectivity index is 2.62. The number of carbonyl (C=O) groups is 1. The van der Waals surface area contributed by atoms with E-state index in [1.807, 2.05) is 0 Å². The Morgan fingerprint density at radius 1 is 1.64 bits per heavy atom. The molecule has 0 atom stereocenters. The standard InChI is InChI=1S/C8H9BrN2O3/c9-6-3-5(7(12)11-4-6)1-2-10-8(13)14/h3-4,10H,1-2H2,(H,11,12)(H,13,14). The zero-order chi connectivity index (χ0) is 10.6. The van der Waals surface area contributed by atoms with Crippen LogP contribution in [0.5, 0.6) is 0 Å². The molecule has 0 aliphatic carbocycles. The van der Waals surface area contributed by atoms with Gasteiger partial charge >= 0.3 is 6.09 Å². The lowest BCUT2D eigenvalue weighted by molar-refractivity contribution is 0.194. The number of hydrogen-bond acceptors (Lipinski definition) is 2. The minimum Gasteiger partial charge on any atom is -0.465 e. The smallest absolute Gasteiger partial charge is 0.404 e. The number of halogens is 1.